The van der Waals surface area contributed by atoms with Gasteiger partial charge in [0.15, 0.2) is 0 Å². The maximum atomic E-state index is 12.5. The molecule has 35 heavy (non-hydrogen) atoms. The molecule has 0 bridgehead atoms. The van der Waals surface area contributed by atoms with Gasteiger partial charge in [0.05, 0.1) is 5.39 Å². The highest BCUT2D eigenvalue weighted by Gasteiger charge is 2.15. The number of aryl methyl sites for hydroxylation is 1. The lowest BCUT2D eigenvalue weighted by Crippen LogP contribution is -2.42. The Balaban J connectivity index is 1.38. The van der Waals surface area contributed by atoms with E-state index in [-0.39, 0.29) is 16.7 Å². The minimum atomic E-state index is -0.707. The molecule has 0 saturated carbocycles. The third-order valence-corrected chi connectivity index (χ3v) is 5.51. The molecule has 2 aromatic carbocycles. The quantitative estimate of drug-likeness (QED) is 0.409. The van der Waals surface area contributed by atoms with Crippen LogP contribution in [0, 0.1) is 0 Å². The van der Waals surface area contributed by atoms with Crippen molar-refractivity contribution in [2.75, 3.05) is 0 Å². The molecule has 0 saturated heterocycles. The normalized spacial score (nSPS) is 10.7. The molecule has 0 atom stereocenters. The van der Waals surface area contributed by atoms with Gasteiger partial charge in [-0.05, 0) is 54.1 Å². The number of hydrogen-bond donors (Lipinski definition) is 2. The fraction of sp³-hybridized carbons (Fsp3) is 0.125. The second kappa shape index (κ2) is 9.82. The summed E-state index contributed by atoms with van der Waals surface area (Å²) in [6, 6.07) is 16.4. The molecule has 0 spiro atoms. The number of rotatable bonds is 5. The minimum absolute atomic E-state index is 0.0634. The number of aromatic nitrogens is 3. The number of amides is 2. The van der Waals surface area contributed by atoms with Crippen molar-refractivity contribution in [2.24, 2.45) is 14.1 Å². The second-order valence-electron chi connectivity index (χ2n) is 7.62. The van der Waals surface area contributed by atoms with Crippen LogP contribution in [0.2, 0.25) is 5.02 Å². The summed E-state index contributed by atoms with van der Waals surface area (Å²) in [6.07, 6.45) is 0. The summed E-state index contributed by atoms with van der Waals surface area (Å²) in [4.78, 5) is 53.4. The highest BCUT2D eigenvalue weighted by Crippen LogP contribution is 2.17. The molecule has 2 amide bonds. The Labute approximate surface area is 203 Å². The van der Waals surface area contributed by atoms with Gasteiger partial charge in [0, 0.05) is 24.7 Å². The van der Waals surface area contributed by atoms with Gasteiger partial charge >= 0.3 is 5.69 Å². The first-order valence-electron chi connectivity index (χ1n) is 10.4. The number of hydrogen-bond acceptors (Lipinski definition) is 6. The summed E-state index contributed by atoms with van der Waals surface area (Å²) in [6.45, 7) is 0.305. The van der Waals surface area contributed by atoms with E-state index in [1.165, 1.54) is 30.8 Å². The van der Waals surface area contributed by atoms with E-state index in [2.05, 4.69) is 15.8 Å². The average Bonchev–Trinajstić information content (AvgIpc) is 2.88. The first kappa shape index (κ1) is 23.7. The minimum Gasteiger partial charge on any atom is -0.489 e. The molecule has 0 aliphatic heterocycles. The zero-order valence-corrected chi connectivity index (χ0v) is 19.5. The zero-order chi connectivity index (χ0) is 25.1. The van der Waals surface area contributed by atoms with E-state index in [4.69, 9.17) is 16.3 Å². The number of ether oxygens (including phenoxy) is 1. The Bertz CT molecular complexity index is 1540. The predicted octanol–water partition coefficient (Wildman–Crippen LogP) is 1.94. The van der Waals surface area contributed by atoms with Gasteiger partial charge in [-0.1, -0.05) is 23.7 Å². The lowest BCUT2D eigenvalue weighted by molar-refractivity contribution is 0.0844. The summed E-state index contributed by atoms with van der Waals surface area (Å²) >= 11 is 5.85. The Morgan fingerprint density at radius 2 is 1.54 bits per heavy atom. The summed E-state index contributed by atoms with van der Waals surface area (Å²) in [5.41, 5.74) is 4.67. The Kier molecular flexibility index (Phi) is 6.65. The van der Waals surface area contributed by atoms with Gasteiger partial charge in [-0.3, -0.25) is 34.4 Å². The highest BCUT2D eigenvalue weighted by molar-refractivity contribution is 6.30. The van der Waals surface area contributed by atoms with E-state index in [1.54, 1.807) is 48.5 Å². The molecule has 0 aliphatic rings. The Hall–Kier alpha value is -4.44. The predicted molar refractivity (Wildman–Crippen MR) is 129 cm³/mol. The van der Waals surface area contributed by atoms with Crippen LogP contribution >= 0.6 is 11.6 Å². The van der Waals surface area contributed by atoms with Gasteiger partial charge in [0.25, 0.3) is 17.4 Å². The van der Waals surface area contributed by atoms with Crippen LogP contribution in [0.4, 0.5) is 0 Å². The lowest BCUT2D eigenvalue weighted by Gasteiger charge is -2.10. The van der Waals surface area contributed by atoms with Crippen LogP contribution in [0.15, 0.2) is 70.3 Å². The number of nitrogens with one attached hydrogen (secondary N) is 2. The van der Waals surface area contributed by atoms with Crippen LogP contribution in [-0.2, 0) is 20.7 Å². The third kappa shape index (κ3) is 5.07. The number of nitrogens with zero attached hydrogens (tertiary/aromatic N) is 3. The van der Waals surface area contributed by atoms with E-state index in [0.717, 1.165) is 10.1 Å². The van der Waals surface area contributed by atoms with Gasteiger partial charge in [0.1, 0.15) is 23.7 Å². The van der Waals surface area contributed by atoms with Crippen LogP contribution in [0.5, 0.6) is 5.75 Å². The molecule has 10 nitrogen and oxygen atoms in total. The molecule has 4 aromatic rings. The van der Waals surface area contributed by atoms with Crippen LogP contribution in [-0.4, -0.2) is 25.9 Å². The Morgan fingerprint density at radius 3 is 2.23 bits per heavy atom. The summed E-state index contributed by atoms with van der Waals surface area (Å²) in [5.74, 6) is -0.575. The summed E-state index contributed by atoms with van der Waals surface area (Å²) in [5, 5.41) is 0.808. The van der Waals surface area contributed by atoms with Crippen LogP contribution in [0.3, 0.4) is 0 Å². The van der Waals surface area contributed by atoms with Crippen LogP contribution in [0.25, 0.3) is 11.0 Å². The largest absolute Gasteiger partial charge is 0.489 e. The molecule has 4 rings (SSSR count). The smallest absolute Gasteiger partial charge is 0.332 e. The molecule has 0 fully saturated rings. The average molecular weight is 494 g/mol. The van der Waals surface area contributed by atoms with Gasteiger partial charge in [-0.2, -0.15) is 0 Å². The Morgan fingerprint density at radius 1 is 0.886 bits per heavy atom. The molecule has 0 aliphatic carbocycles. The van der Waals surface area contributed by atoms with E-state index < -0.39 is 23.1 Å². The van der Waals surface area contributed by atoms with Gasteiger partial charge in [-0.25, -0.2) is 9.78 Å². The molecule has 2 aromatic heterocycles. The first-order chi connectivity index (χ1) is 16.7. The molecule has 0 unspecified atom stereocenters. The number of carbonyl (C=O) groups excluding carboxylic acids is 2. The maximum Gasteiger partial charge on any atom is 0.332 e. The van der Waals surface area contributed by atoms with Gasteiger partial charge in [0.2, 0.25) is 0 Å². The number of pyridine rings is 1. The summed E-state index contributed by atoms with van der Waals surface area (Å²) in [7, 11) is 2.81. The zero-order valence-electron chi connectivity index (χ0n) is 18.7. The molecule has 2 heterocycles. The fourth-order valence-electron chi connectivity index (χ4n) is 3.28. The van der Waals surface area contributed by atoms with Crippen LogP contribution in [0.1, 0.15) is 26.4 Å². The highest BCUT2D eigenvalue weighted by atomic mass is 35.5. The monoisotopic (exact) mass is 493 g/mol. The van der Waals surface area contributed by atoms with Crippen molar-refractivity contribution in [3.05, 3.63) is 103 Å². The van der Waals surface area contributed by atoms with Crippen molar-refractivity contribution in [1.29, 1.82) is 0 Å². The summed E-state index contributed by atoms with van der Waals surface area (Å²) < 4.78 is 7.80. The third-order valence-electron chi connectivity index (χ3n) is 5.26. The van der Waals surface area contributed by atoms with Gasteiger partial charge < -0.3 is 4.74 Å². The fourth-order valence-corrected chi connectivity index (χ4v) is 3.41. The molecular formula is C24H20ClN5O5. The number of fused-ring (bicyclic) bond motifs is 1. The van der Waals surface area contributed by atoms with E-state index in [9.17, 15) is 19.2 Å². The number of halogens is 1. The van der Waals surface area contributed by atoms with Crippen molar-refractivity contribution in [3.63, 3.8) is 0 Å². The molecule has 178 valence electrons. The van der Waals surface area contributed by atoms with Crippen molar-refractivity contribution in [3.8, 4) is 5.75 Å². The van der Waals surface area contributed by atoms with Crippen molar-refractivity contribution >= 4 is 34.4 Å². The molecular weight excluding hydrogens is 474 g/mol. The molecule has 2 N–H and O–H groups in total. The van der Waals surface area contributed by atoms with Gasteiger partial charge in [-0.15, -0.1) is 0 Å². The lowest BCUT2D eigenvalue weighted by atomic mass is 10.1. The van der Waals surface area contributed by atoms with E-state index >= 15 is 0 Å². The first-order valence-corrected chi connectivity index (χ1v) is 10.8. The standard InChI is InChI=1S/C24H20ClN5O5/c1-29-20-18(23(33)30(2)24(29)34)11-12-19(26-20)22(32)28-27-21(31)15-5-3-14(4-6-15)13-35-17-9-7-16(25)8-10-17/h3-12H,13H2,1-2H3,(H,27,31)(H,28,32). The second-order valence-corrected chi connectivity index (χ2v) is 8.06. The van der Waals surface area contributed by atoms with Crippen molar-refractivity contribution < 1.29 is 14.3 Å². The molecule has 11 heteroatoms. The number of hydrazine groups is 1. The van der Waals surface area contributed by atoms with Crippen LogP contribution < -0.4 is 26.8 Å². The van der Waals surface area contributed by atoms with E-state index in [0.29, 0.717) is 22.9 Å². The van der Waals surface area contributed by atoms with Crippen molar-refractivity contribution in [2.45, 2.75) is 6.61 Å². The SMILES string of the molecule is Cn1c(=O)c2ccc(C(=O)NNC(=O)c3ccc(COc4ccc(Cl)cc4)cc3)nc2n(C)c1=O. The maximum absolute atomic E-state index is 12.5. The topological polar surface area (TPSA) is 124 Å². The molecule has 0 radical (unpaired) electrons. The number of carbonyl (C=O) groups is 2. The van der Waals surface area contributed by atoms with Crippen molar-refractivity contribution in [1.82, 2.24) is 25.0 Å². The number of benzene rings is 2. The van der Waals surface area contributed by atoms with E-state index in [1.807, 2.05) is 0 Å².